The third kappa shape index (κ3) is 4.19. The molecule has 0 spiro atoms. The van der Waals surface area contributed by atoms with Gasteiger partial charge in [-0.3, -0.25) is 9.80 Å². The van der Waals surface area contributed by atoms with E-state index in [1.807, 2.05) is 13.1 Å². The number of nitrogens with zero attached hydrogens (tertiary/aromatic N) is 6. The number of fused-ring (bicyclic) bond motifs is 2. The Balaban J connectivity index is 1.41. The summed E-state index contributed by atoms with van der Waals surface area (Å²) < 4.78 is 39.7. The molecule has 5 rings (SSSR count). The summed E-state index contributed by atoms with van der Waals surface area (Å²) in [4.78, 5) is 33.7. The summed E-state index contributed by atoms with van der Waals surface area (Å²) in [6, 6.07) is 6.99. The highest BCUT2D eigenvalue weighted by Gasteiger charge is 2.36. The summed E-state index contributed by atoms with van der Waals surface area (Å²) in [5.74, 6) is 0.660. The molecule has 0 unspecified atom stereocenters. The van der Waals surface area contributed by atoms with Crippen LogP contribution in [-0.2, 0) is 19.1 Å². The number of halogens is 4. The van der Waals surface area contributed by atoms with E-state index in [-0.39, 0.29) is 18.7 Å². The Hall–Kier alpha value is -3.64. The smallest absolute Gasteiger partial charge is 0.340 e. The number of alkyl halides is 3. The van der Waals surface area contributed by atoms with Gasteiger partial charge in [0.05, 0.1) is 28.4 Å². The SMILES string of the molecule is Cc1nc2c(c(ON3NN(C)c4cccnc43)n1)CCN(C(=O)c1cccc(C(F)(F)F)c1Cl)C2. The number of hydrogen-bond donors (Lipinski definition) is 1. The predicted octanol–water partition coefficient (Wildman–Crippen LogP) is 3.72. The van der Waals surface area contributed by atoms with Crippen LogP contribution in [0.2, 0.25) is 5.02 Å². The molecule has 0 atom stereocenters. The van der Waals surface area contributed by atoms with E-state index < -0.39 is 22.7 Å². The highest BCUT2D eigenvalue weighted by Crippen LogP contribution is 2.37. The molecule has 0 saturated heterocycles. The number of benzene rings is 1. The van der Waals surface area contributed by atoms with Gasteiger partial charge >= 0.3 is 6.18 Å². The van der Waals surface area contributed by atoms with Gasteiger partial charge in [0.1, 0.15) is 11.5 Å². The van der Waals surface area contributed by atoms with Crippen molar-refractivity contribution in [3.05, 3.63) is 69.8 Å². The van der Waals surface area contributed by atoms with Crippen LogP contribution in [0.25, 0.3) is 0 Å². The maximum absolute atomic E-state index is 13.2. The van der Waals surface area contributed by atoms with Crippen molar-refractivity contribution in [2.45, 2.75) is 26.1 Å². The Morgan fingerprint density at radius 3 is 2.77 bits per heavy atom. The fourth-order valence-corrected chi connectivity index (χ4v) is 4.36. The Morgan fingerprint density at radius 2 is 2.00 bits per heavy atom. The molecular weight excluding hydrogens is 487 g/mol. The monoisotopic (exact) mass is 505 g/mol. The van der Waals surface area contributed by atoms with Crippen molar-refractivity contribution in [2.75, 3.05) is 23.8 Å². The van der Waals surface area contributed by atoms with Crippen LogP contribution < -0.4 is 20.6 Å². The largest absolute Gasteiger partial charge is 0.417 e. The number of anilines is 2. The van der Waals surface area contributed by atoms with Crippen LogP contribution in [0, 0.1) is 6.92 Å². The quantitative estimate of drug-likeness (QED) is 0.576. The third-order valence-electron chi connectivity index (χ3n) is 5.70. The fraction of sp³-hybridized carbons (Fsp3) is 0.273. The lowest BCUT2D eigenvalue weighted by molar-refractivity contribution is -0.137. The molecule has 2 aromatic heterocycles. The van der Waals surface area contributed by atoms with Crippen molar-refractivity contribution in [1.29, 1.82) is 0 Å². The van der Waals surface area contributed by atoms with Crippen molar-refractivity contribution >= 4 is 29.0 Å². The normalized spacial score (nSPS) is 15.2. The summed E-state index contributed by atoms with van der Waals surface area (Å²) >= 11 is 5.97. The van der Waals surface area contributed by atoms with Crippen molar-refractivity contribution in [3.8, 4) is 5.88 Å². The van der Waals surface area contributed by atoms with E-state index in [1.54, 1.807) is 24.2 Å². The second-order valence-corrected chi connectivity index (χ2v) is 8.41. The van der Waals surface area contributed by atoms with Crippen LogP contribution in [0.5, 0.6) is 5.88 Å². The number of rotatable bonds is 3. The van der Waals surface area contributed by atoms with Crippen molar-refractivity contribution < 1.29 is 22.8 Å². The lowest BCUT2D eigenvalue weighted by Gasteiger charge is -2.30. The lowest BCUT2D eigenvalue weighted by Crippen LogP contribution is -2.45. The molecule has 1 amide bonds. The molecule has 1 aromatic carbocycles. The van der Waals surface area contributed by atoms with Gasteiger partial charge in [0.15, 0.2) is 0 Å². The van der Waals surface area contributed by atoms with E-state index in [1.165, 1.54) is 22.2 Å². The molecule has 2 aliphatic heterocycles. The highest BCUT2D eigenvalue weighted by atomic mass is 35.5. The second kappa shape index (κ2) is 8.54. The number of pyridine rings is 1. The summed E-state index contributed by atoms with van der Waals surface area (Å²) in [6.07, 6.45) is -2.69. The van der Waals surface area contributed by atoms with Gasteiger partial charge in [-0.15, -0.1) is 5.53 Å². The minimum Gasteiger partial charge on any atom is -0.340 e. The first kappa shape index (κ1) is 23.1. The Morgan fingerprint density at radius 1 is 1.20 bits per heavy atom. The molecular formula is C22H19ClF3N7O2. The number of hydrazine groups is 2. The lowest BCUT2D eigenvalue weighted by atomic mass is 10.0. The van der Waals surface area contributed by atoms with Crippen LogP contribution in [0.15, 0.2) is 36.5 Å². The van der Waals surface area contributed by atoms with Gasteiger partial charge < -0.3 is 9.74 Å². The number of aryl methyl sites for hydroxylation is 1. The zero-order valence-corrected chi connectivity index (χ0v) is 19.4. The van der Waals surface area contributed by atoms with E-state index in [9.17, 15) is 18.0 Å². The van der Waals surface area contributed by atoms with Gasteiger partial charge in [-0.1, -0.05) is 22.8 Å². The Kier molecular flexibility index (Phi) is 5.64. The minimum absolute atomic E-state index is 0.0721. The summed E-state index contributed by atoms with van der Waals surface area (Å²) in [6.45, 7) is 1.99. The number of nitrogens with one attached hydrogen (secondary N) is 1. The van der Waals surface area contributed by atoms with Crippen LogP contribution in [-0.4, -0.2) is 39.4 Å². The van der Waals surface area contributed by atoms with Gasteiger partial charge in [-0.25, -0.2) is 9.97 Å². The van der Waals surface area contributed by atoms with Crippen molar-refractivity contribution in [1.82, 2.24) is 25.4 Å². The van der Waals surface area contributed by atoms with Gasteiger partial charge in [0.2, 0.25) is 5.82 Å². The first-order valence-electron chi connectivity index (χ1n) is 10.6. The Bertz CT molecular complexity index is 1320. The van der Waals surface area contributed by atoms with Crippen LogP contribution in [0.1, 0.15) is 33.0 Å². The number of carbonyl (C=O) groups excluding carboxylic acids is 1. The molecule has 2 aliphatic rings. The van der Waals surface area contributed by atoms with Crippen LogP contribution in [0.4, 0.5) is 24.7 Å². The number of carbonyl (C=O) groups is 1. The average molecular weight is 506 g/mol. The summed E-state index contributed by atoms with van der Waals surface area (Å²) in [5.41, 5.74) is 3.81. The molecule has 182 valence electrons. The third-order valence-corrected chi connectivity index (χ3v) is 6.11. The molecule has 3 aromatic rings. The predicted molar refractivity (Wildman–Crippen MR) is 121 cm³/mol. The zero-order chi connectivity index (χ0) is 24.9. The van der Waals surface area contributed by atoms with E-state index in [2.05, 4.69) is 20.5 Å². The maximum atomic E-state index is 13.2. The fourth-order valence-electron chi connectivity index (χ4n) is 4.04. The zero-order valence-electron chi connectivity index (χ0n) is 18.6. The summed E-state index contributed by atoms with van der Waals surface area (Å²) in [7, 11) is 1.81. The molecule has 13 heteroatoms. The Labute approximate surface area is 203 Å². The first-order valence-corrected chi connectivity index (χ1v) is 11.0. The molecule has 0 aliphatic carbocycles. The van der Waals surface area contributed by atoms with Gasteiger partial charge in [-0.05, 0) is 37.6 Å². The van der Waals surface area contributed by atoms with Crippen molar-refractivity contribution in [3.63, 3.8) is 0 Å². The van der Waals surface area contributed by atoms with Gasteiger partial charge in [0, 0.05) is 25.4 Å². The van der Waals surface area contributed by atoms with Gasteiger partial charge in [0.25, 0.3) is 11.8 Å². The number of aromatic nitrogens is 3. The topological polar surface area (TPSA) is 86.7 Å². The number of hydrogen-bond acceptors (Lipinski definition) is 8. The molecule has 0 radical (unpaired) electrons. The molecule has 35 heavy (non-hydrogen) atoms. The first-order chi connectivity index (χ1) is 16.6. The highest BCUT2D eigenvalue weighted by molar-refractivity contribution is 6.34. The second-order valence-electron chi connectivity index (χ2n) is 8.03. The standard InChI is InChI=1S/C22H19ClF3N7O2/c1-12-28-16-11-32(21(34)14-5-3-6-15(18(14)23)22(24,25)26)10-8-13(16)20(29-12)35-33-19-17(31(2)30-33)7-4-9-27-19/h3-7,9,30H,8,10-11H2,1-2H3. The minimum atomic E-state index is -4.66. The summed E-state index contributed by atoms with van der Waals surface area (Å²) in [5, 5.41) is 2.51. The molecule has 0 bridgehead atoms. The number of amides is 1. The molecule has 0 fully saturated rings. The molecule has 1 N–H and O–H groups in total. The van der Waals surface area contributed by atoms with Crippen molar-refractivity contribution in [2.24, 2.45) is 0 Å². The molecule has 4 heterocycles. The maximum Gasteiger partial charge on any atom is 0.417 e. The van der Waals surface area contributed by atoms with E-state index in [4.69, 9.17) is 16.4 Å². The van der Waals surface area contributed by atoms with Crippen LogP contribution in [0.3, 0.4) is 0 Å². The molecule has 0 saturated carbocycles. The van der Waals surface area contributed by atoms with Crippen LogP contribution >= 0.6 is 11.6 Å². The van der Waals surface area contributed by atoms with E-state index in [0.29, 0.717) is 35.2 Å². The molecule has 9 nitrogen and oxygen atoms in total. The van der Waals surface area contributed by atoms with Gasteiger partial charge in [-0.2, -0.15) is 18.2 Å². The van der Waals surface area contributed by atoms with E-state index >= 15 is 0 Å². The average Bonchev–Trinajstić information content (AvgIpc) is 3.13. The van der Waals surface area contributed by atoms with E-state index in [0.717, 1.165) is 11.8 Å².